The van der Waals surface area contributed by atoms with Gasteiger partial charge in [-0.3, -0.25) is 9.89 Å². The molecule has 0 aliphatic carbocycles. The standard InChI is InChI=1S/C20H17N5O2S/c1-2-27-19-9-4-3-8-15(19)16-11-17(23-22-16)20(26)21-14-7-5-6-13(10-14)18-12-28-25-24-18/h3-12H,2H2,1H3,(H,21,26)(H,22,23). The largest absolute Gasteiger partial charge is 0.493 e. The van der Waals surface area contributed by atoms with E-state index in [9.17, 15) is 4.79 Å². The van der Waals surface area contributed by atoms with E-state index in [0.717, 1.165) is 22.6 Å². The maximum atomic E-state index is 12.6. The van der Waals surface area contributed by atoms with Crippen molar-refractivity contribution in [1.82, 2.24) is 19.8 Å². The van der Waals surface area contributed by atoms with Crippen LogP contribution in [0.4, 0.5) is 5.69 Å². The average Bonchev–Trinajstić information content (AvgIpc) is 3.41. The Labute approximate surface area is 165 Å². The van der Waals surface area contributed by atoms with Gasteiger partial charge in [0.2, 0.25) is 0 Å². The highest BCUT2D eigenvalue weighted by Crippen LogP contribution is 2.29. The molecule has 7 nitrogen and oxygen atoms in total. The van der Waals surface area contributed by atoms with E-state index in [-0.39, 0.29) is 5.91 Å². The second kappa shape index (κ2) is 8.01. The van der Waals surface area contributed by atoms with Crippen LogP contribution in [-0.2, 0) is 0 Å². The Morgan fingerprint density at radius 3 is 2.86 bits per heavy atom. The molecule has 2 aromatic heterocycles. The third-order valence-corrected chi connectivity index (χ3v) is 4.57. The first kappa shape index (κ1) is 17.9. The third-order valence-electron chi connectivity index (χ3n) is 4.06. The molecule has 140 valence electrons. The number of aromatic amines is 1. The molecule has 2 aromatic carbocycles. The van der Waals surface area contributed by atoms with Crippen LogP contribution in [0.15, 0.2) is 60.0 Å². The minimum absolute atomic E-state index is 0.277. The molecule has 4 aromatic rings. The van der Waals surface area contributed by atoms with Gasteiger partial charge in [-0.1, -0.05) is 28.8 Å². The molecule has 0 saturated heterocycles. The third kappa shape index (κ3) is 3.77. The van der Waals surface area contributed by atoms with Crippen molar-refractivity contribution in [2.45, 2.75) is 6.92 Å². The van der Waals surface area contributed by atoms with Gasteiger partial charge in [0.15, 0.2) is 0 Å². The van der Waals surface area contributed by atoms with E-state index in [1.54, 1.807) is 6.07 Å². The summed E-state index contributed by atoms with van der Waals surface area (Å²) < 4.78 is 9.51. The number of benzene rings is 2. The van der Waals surface area contributed by atoms with Crippen molar-refractivity contribution in [3.8, 4) is 28.3 Å². The quantitative estimate of drug-likeness (QED) is 0.513. The van der Waals surface area contributed by atoms with E-state index in [4.69, 9.17) is 4.74 Å². The van der Waals surface area contributed by atoms with Gasteiger partial charge in [-0.05, 0) is 48.8 Å². The Hall–Kier alpha value is -3.52. The summed E-state index contributed by atoms with van der Waals surface area (Å²) in [6, 6.07) is 16.8. The van der Waals surface area contributed by atoms with Crippen LogP contribution in [0.5, 0.6) is 5.75 Å². The highest BCUT2D eigenvalue weighted by Gasteiger charge is 2.14. The van der Waals surface area contributed by atoms with Crippen molar-refractivity contribution < 1.29 is 9.53 Å². The van der Waals surface area contributed by atoms with E-state index in [0.29, 0.717) is 23.7 Å². The number of hydrogen-bond acceptors (Lipinski definition) is 6. The van der Waals surface area contributed by atoms with Crippen molar-refractivity contribution in [3.63, 3.8) is 0 Å². The predicted octanol–water partition coefficient (Wildman–Crippen LogP) is 4.25. The Bertz CT molecular complexity index is 1090. The number of carbonyl (C=O) groups is 1. The summed E-state index contributed by atoms with van der Waals surface area (Å²) in [6.45, 7) is 2.48. The summed E-state index contributed by atoms with van der Waals surface area (Å²) in [6.07, 6.45) is 0. The van der Waals surface area contributed by atoms with Gasteiger partial charge >= 0.3 is 0 Å². The van der Waals surface area contributed by atoms with Gasteiger partial charge in [-0.15, -0.1) is 5.10 Å². The number of ether oxygens (including phenoxy) is 1. The van der Waals surface area contributed by atoms with Crippen LogP contribution in [0, 0.1) is 0 Å². The molecular formula is C20H17N5O2S. The Kier molecular flexibility index (Phi) is 5.11. The molecule has 0 bridgehead atoms. The maximum absolute atomic E-state index is 12.6. The van der Waals surface area contributed by atoms with Crippen LogP contribution in [0.3, 0.4) is 0 Å². The molecule has 28 heavy (non-hydrogen) atoms. The van der Waals surface area contributed by atoms with Gasteiger partial charge in [0, 0.05) is 22.2 Å². The molecule has 8 heteroatoms. The first-order chi connectivity index (χ1) is 13.7. The zero-order chi connectivity index (χ0) is 19.3. The summed E-state index contributed by atoms with van der Waals surface area (Å²) in [5.41, 5.74) is 4.18. The van der Waals surface area contributed by atoms with E-state index in [1.165, 1.54) is 11.5 Å². The number of anilines is 1. The summed E-state index contributed by atoms with van der Waals surface area (Å²) in [5, 5.41) is 15.9. The number of rotatable bonds is 6. The molecule has 0 atom stereocenters. The lowest BCUT2D eigenvalue weighted by molar-refractivity contribution is 0.102. The first-order valence-corrected chi connectivity index (χ1v) is 9.54. The lowest BCUT2D eigenvalue weighted by Gasteiger charge is -2.07. The molecule has 1 amide bonds. The van der Waals surface area contributed by atoms with E-state index < -0.39 is 0 Å². The van der Waals surface area contributed by atoms with Gasteiger partial charge in [-0.25, -0.2) is 0 Å². The first-order valence-electron chi connectivity index (χ1n) is 8.71. The number of hydrogen-bond donors (Lipinski definition) is 2. The molecule has 0 saturated carbocycles. The van der Waals surface area contributed by atoms with Crippen LogP contribution in [0.1, 0.15) is 17.4 Å². The van der Waals surface area contributed by atoms with Crippen molar-refractivity contribution >= 4 is 23.1 Å². The van der Waals surface area contributed by atoms with Crippen LogP contribution < -0.4 is 10.1 Å². The number of amides is 1. The van der Waals surface area contributed by atoms with Crippen LogP contribution in [0.2, 0.25) is 0 Å². The van der Waals surface area contributed by atoms with Gasteiger partial charge in [0.25, 0.3) is 5.91 Å². The summed E-state index contributed by atoms with van der Waals surface area (Å²) >= 11 is 1.28. The summed E-state index contributed by atoms with van der Waals surface area (Å²) in [4.78, 5) is 12.6. The number of H-pyrrole nitrogens is 1. The minimum Gasteiger partial charge on any atom is -0.493 e. The van der Waals surface area contributed by atoms with Gasteiger partial charge in [-0.2, -0.15) is 5.10 Å². The highest BCUT2D eigenvalue weighted by molar-refractivity contribution is 7.03. The number of para-hydroxylation sites is 1. The number of nitrogens with one attached hydrogen (secondary N) is 2. The molecule has 4 rings (SSSR count). The normalized spacial score (nSPS) is 10.6. The van der Waals surface area contributed by atoms with Crippen molar-refractivity contribution in [2.24, 2.45) is 0 Å². The SMILES string of the molecule is CCOc1ccccc1-c1cc(C(=O)Nc2cccc(-c3csnn3)c2)[nH]n1. The predicted molar refractivity (Wildman–Crippen MR) is 108 cm³/mol. The molecule has 2 heterocycles. The molecule has 0 aliphatic heterocycles. The molecule has 2 N–H and O–H groups in total. The van der Waals surface area contributed by atoms with Gasteiger partial charge in [0.05, 0.1) is 12.3 Å². The van der Waals surface area contributed by atoms with Gasteiger partial charge in [0.1, 0.15) is 17.1 Å². The van der Waals surface area contributed by atoms with Crippen molar-refractivity contribution in [3.05, 3.63) is 65.7 Å². The Balaban J connectivity index is 1.54. The van der Waals surface area contributed by atoms with Crippen LogP contribution >= 0.6 is 11.5 Å². The van der Waals surface area contributed by atoms with E-state index >= 15 is 0 Å². The second-order valence-electron chi connectivity index (χ2n) is 5.92. The second-order valence-corrected chi connectivity index (χ2v) is 6.53. The smallest absolute Gasteiger partial charge is 0.273 e. The zero-order valence-electron chi connectivity index (χ0n) is 15.0. The van der Waals surface area contributed by atoms with Gasteiger partial charge < -0.3 is 10.1 Å². The molecule has 0 unspecified atom stereocenters. The number of nitrogens with zero attached hydrogens (tertiary/aromatic N) is 3. The van der Waals surface area contributed by atoms with Crippen molar-refractivity contribution in [1.29, 1.82) is 0 Å². The topological polar surface area (TPSA) is 92.8 Å². The molecule has 0 fully saturated rings. The number of carbonyl (C=O) groups excluding carboxylic acids is 1. The van der Waals surface area contributed by atoms with Crippen molar-refractivity contribution in [2.75, 3.05) is 11.9 Å². The summed E-state index contributed by atoms with van der Waals surface area (Å²) in [7, 11) is 0. The Morgan fingerprint density at radius 1 is 1.14 bits per heavy atom. The maximum Gasteiger partial charge on any atom is 0.273 e. The molecule has 0 radical (unpaired) electrons. The fourth-order valence-electron chi connectivity index (χ4n) is 2.78. The number of aromatic nitrogens is 4. The molecule has 0 aliphatic rings. The fraction of sp³-hybridized carbons (Fsp3) is 0.100. The monoisotopic (exact) mass is 391 g/mol. The highest BCUT2D eigenvalue weighted by atomic mass is 32.1. The summed E-state index contributed by atoms with van der Waals surface area (Å²) in [5.74, 6) is 0.453. The van der Waals surface area contributed by atoms with E-state index in [2.05, 4.69) is 25.1 Å². The molecule has 0 spiro atoms. The fourth-order valence-corrected chi connectivity index (χ4v) is 3.25. The lowest BCUT2D eigenvalue weighted by Crippen LogP contribution is -2.12. The van der Waals surface area contributed by atoms with Crippen LogP contribution in [-0.4, -0.2) is 32.3 Å². The lowest BCUT2D eigenvalue weighted by atomic mass is 10.1. The average molecular weight is 391 g/mol. The minimum atomic E-state index is -0.277. The zero-order valence-corrected chi connectivity index (χ0v) is 15.9. The van der Waals surface area contributed by atoms with E-state index in [1.807, 2.05) is 60.8 Å². The molecular weight excluding hydrogens is 374 g/mol. The van der Waals surface area contributed by atoms with Crippen LogP contribution in [0.25, 0.3) is 22.5 Å². The Morgan fingerprint density at radius 2 is 2.04 bits per heavy atom.